The second-order valence-corrected chi connectivity index (χ2v) is 3.88. The van der Waals surface area contributed by atoms with Crippen LogP contribution in [0.25, 0.3) is 0 Å². The van der Waals surface area contributed by atoms with E-state index in [9.17, 15) is 4.79 Å². The van der Waals surface area contributed by atoms with E-state index in [2.05, 4.69) is 25.7 Å². The van der Waals surface area contributed by atoms with Gasteiger partial charge in [0.25, 0.3) is 0 Å². The van der Waals surface area contributed by atoms with Crippen LogP contribution in [0.3, 0.4) is 0 Å². The second-order valence-electron chi connectivity index (χ2n) is 3.88. The van der Waals surface area contributed by atoms with Crippen molar-refractivity contribution in [3.63, 3.8) is 0 Å². The van der Waals surface area contributed by atoms with Crippen LogP contribution in [-0.2, 0) is 11.3 Å². The summed E-state index contributed by atoms with van der Waals surface area (Å²) in [7, 11) is 0. The van der Waals surface area contributed by atoms with Crippen LogP contribution in [-0.4, -0.2) is 53.7 Å². The van der Waals surface area contributed by atoms with Crippen LogP contribution in [0.2, 0.25) is 0 Å². The van der Waals surface area contributed by atoms with Gasteiger partial charge in [-0.3, -0.25) is 14.8 Å². The third-order valence-electron chi connectivity index (χ3n) is 2.61. The van der Waals surface area contributed by atoms with Crippen LogP contribution in [0.15, 0.2) is 12.3 Å². The molecule has 0 spiro atoms. The number of nitrogens with zero attached hydrogens (tertiary/aromatic N) is 2. The maximum absolute atomic E-state index is 11.6. The number of rotatable bonds is 4. The van der Waals surface area contributed by atoms with Crippen LogP contribution in [0.5, 0.6) is 0 Å². The van der Waals surface area contributed by atoms with Crippen molar-refractivity contribution in [2.75, 3.05) is 32.7 Å². The lowest BCUT2D eigenvalue weighted by atomic mass is 10.3. The maximum Gasteiger partial charge on any atom is 0.234 e. The second kappa shape index (κ2) is 5.62. The van der Waals surface area contributed by atoms with Gasteiger partial charge >= 0.3 is 0 Å². The summed E-state index contributed by atoms with van der Waals surface area (Å²) in [6.45, 7) is 4.82. The van der Waals surface area contributed by atoms with E-state index in [0.29, 0.717) is 13.1 Å². The summed E-state index contributed by atoms with van der Waals surface area (Å²) < 4.78 is 0. The SMILES string of the molecule is O=C(CN1CCNCC1)NCc1ccn[nH]1. The lowest BCUT2D eigenvalue weighted by molar-refractivity contribution is -0.122. The summed E-state index contributed by atoms with van der Waals surface area (Å²) >= 11 is 0. The first kappa shape index (κ1) is 11.1. The fraction of sp³-hybridized carbons (Fsp3) is 0.600. The van der Waals surface area contributed by atoms with E-state index in [1.54, 1.807) is 6.20 Å². The Kier molecular flexibility index (Phi) is 3.90. The maximum atomic E-state index is 11.6. The number of carbonyl (C=O) groups is 1. The molecule has 2 heterocycles. The molecule has 1 fully saturated rings. The first-order chi connectivity index (χ1) is 7.84. The van der Waals surface area contributed by atoms with Crippen molar-refractivity contribution in [1.82, 2.24) is 25.7 Å². The monoisotopic (exact) mass is 223 g/mol. The van der Waals surface area contributed by atoms with E-state index in [-0.39, 0.29) is 5.91 Å². The number of aromatic nitrogens is 2. The highest BCUT2D eigenvalue weighted by Crippen LogP contribution is 1.93. The normalized spacial score (nSPS) is 17.2. The number of aromatic amines is 1. The molecule has 6 nitrogen and oxygen atoms in total. The van der Waals surface area contributed by atoms with E-state index < -0.39 is 0 Å². The van der Waals surface area contributed by atoms with Gasteiger partial charge in [-0.25, -0.2) is 0 Å². The summed E-state index contributed by atoms with van der Waals surface area (Å²) in [5.41, 5.74) is 0.925. The molecule has 1 aliphatic rings. The molecule has 1 amide bonds. The fourth-order valence-electron chi connectivity index (χ4n) is 1.71. The van der Waals surface area contributed by atoms with Crippen molar-refractivity contribution in [3.05, 3.63) is 18.0 Å². The Morgan fingerprint density at radius 2 is 2.31 bits per heavy atom. The lowest BCUT2D eigenvalue weighted by Gasteiger charge is -2.26. The molecule has 6 heteroatoms. The Bertz CT molecular complexity index is 318. The third-order valence-corrected chi connectivity index (χ3v) is 2.61. The van der Waals surface area contributed by atoms with Gasteiger partial charge in [-0.1, -0.05) is 0 Å². The number of hydrogen-bond donors (Lipinski definition) is 3. The van der Waals surface area contributed by atoms with Crippen LogP contribution < -0.4 is 10.6 Å². The van der Waals surface area contributed by atoms with Gasteiger partial charge in [0.15, 0.2) is 0 Å². The van der Waals surface area contributed by atoms with E-state index in [0.717, 1.165) is 31.9 Å². The van der Waals surface area contributed by atoms with Gasteiger partial charge in [0.2, 0.25) is 5.91 Å². The highest BCUT2D eigenvalue weighted by Gasteiger charge is 2.12. The fourth-order valence-corrected chi connectivity index (χ4v) is 1.71. The molecular weight excluding hydrogens is 206 g/mol. The minimum atomic E-state index is 0.0662. The molecule has 1 aromatic rings. The number of nitrogens with one attached hydrogen (secondary N) is 3. The summed E-state index contributed by atoms with van der Waals surface area (Å²) in [6, 6.07) is 1.85. The highest BCUT2D eigenvalue weighted by atomic mass is 16.2. The number of amides is 1. The Morgan fingerprint density at radius 3 is 3.00 bits per heavy atom. The number of carbonyl (C=O) groups excluding carboxylic acids is 1. The van der Waals surface area contributed by atoms with Crippen LogP contribution >= 0.6 is 0 Å². The molecule has 0 aliphatic carbocycles. The average Bonchev–Trinajstić information content (AvgIpc) is 2.81. The molecule has 0 unspecified atom stereocenters. The summed E-state index contributed by atoms with van der Waals surface area (Å²) in [6.07, 6.45) is 1.68. The summed E-state index contributed by atoms with van der Waals surface area (Å²) in [5, 5.41) is 12.7. The Morgan fingerprint density at radius 1 is 1.50 bits per heavy atom. The molecule has 1 aliphatic heterocycles. The quantitative estimate of drug-likeness (QED) is 0.608. The standard InChI is InChI=1S/C10H17N5O/c16-10(8-15-5-3-11-4-6-15)12-7-9-1-2-13-14-9/h1-2,11H,3-8H2,(H,12,16)(H,13,14). The molecule has 1 saturated heterocycles. The van der Waals surface area contributed by atoms with Crippen LogP contribution in [0.4, 0.5) is 0 Å². The molecule has 0 atom stereocenters. The summed E-state index contributed by atoms with van der Waals surface area (Å²) in [5.74, 6) is 0.0662. The molecule has 0 aromatic carbocycles. The zero-order valence-electron chi connectivity index (χ0n) is 9.20. The first-order valence-electron chi connectivity index (χ1n) is 5.52. The lowest BCUT2D eigenvalue weighted by Crippen LogP contribution is -2.47. The van der Waals surface area contributed by atoms with Crippen molar-refractivity contribution in [2.24, 2.45) is 0 Å². The Labute approximate surface area is 94.4 Å². The van der Waals surface area contributed by atoms with Gasteiger partial charge in [0, 0.05) is 32.4 Å². The van der Waals surface area contributed by atoms with Crippen LogP contribution in [0, 0.1) is 0 Å². The highest BCUT2D eigenvalue weighted by molar-refractivity contribution is 5.77. The first-order valence-corrected chi connectivity index (χ1v) is 5.52. The van der Waals surface area contributed by atoms with Gasteiger partial charge in [0.05, 0.1) is 18.8 Å². The molecule has 0 saturated carbocycles. The van der Waals surface area contributed by atoms with E-state index in [1.165, 1.54) is 0 Å². The number of hydrogen-bond acceptors (Lipinski definition) is 4. The molecule has 0 radical (unpaired) electrons. The van der Waals surface area contributed by atoms with Crippen molar-refractivity contribution >= 4 is 5.91 Å². The molecule has 88 valence electrons. The van der Waals surface area contributed by atoms with Crippen molar-refractivity contribution in [2.45, 2.75) is 6.54 Å². The molecular formula is C10H17N5O. The summed E-state index contributed by atoms with van der Waals surface area (Å²) in [4.78, 5) is 13.8. The Hall–Kier alpha value is -1.40. The van der Waals surface area contributed by atoms with Crippen molar-refractivity contribution in [1.29, 1.82) is 0 Å². The van der Waals surface area contributed by atoms with Gasteiger partial charge in [-0.2, -0.15) is 5.10 Å². The van der Waals surface area contributed by atoms with Gasteiger partial charge in [0.1, 0.15) is 0 Å². The number of H-pyrrole nitrogens is 1. The third kappa shape index (κ3) is 3.32. The average molecular weight is 223 g/mol. The predicted molar refractivity (Wildman–Crippen MR) is 59.7 cm³/mol. The molecule has 2 rings (SSSR count). The van der Waals surface area contributed by atoms with Crippen LogP contribution in [0.1, 0.15) is 5.69 Å². The minimum absolute atomic E-state index is 0.0662. The zero-order valence-corrected chi connectivity index (χ0v) is 9.20. The smallest absolute Gasteiger partial charge is 0.234 e. The molecule has 3 N–H and O–H groups in total. The zero-order chi connectivity index (χ0) is 11.2. The van der Waals surface area contributed by atoms with Gasteiger partial charge in [-0.15, -0.1) is 0 Å². The van der Waals surface area contributed by atoms with Gasteiger partial charge < -0.3 is 10.6 Å². The van der Waals surface area contributed by atoms with E-state index in [4.69, 9.17) is 0 Å². The van der Waals surface area contributed by atoms with Gasteiger partial charge in [-0.05, 0) is 6.07 Å². The van der Waals surface area contributed by atoms with Crippen molar-refractivity contribution in [3.8, 4) is 0 Å². The predicted octanol–water partition coefficient (Wildman–Crippen LogP) is -1.07. The molecule has 0 bridgehead atoms. The van der Waals surface area contributed by atoms with E-state index >= 15 is 0 Å². The molecule has 16 heavy (non-hydrogen) atoms. The van der Waals surface area contributed by atoms with E-state index in [1.807, 2.05) is 6.07 Å². The number of piperazine rings is 1. The van der Waals surface area contributed by atoms with Crippen molar-refractivity contribution < 1.29 is 4.79 Å². The topological polar surface area (TPSA) is 73.1 Å². The Balaban J connectivity index is 1.67. The minimum Gasteiger partial charge on any atom is -0.349 e. The largest absolute Gasteiger partial charge is 0.349 e. The molecule has 1 aromatic heterocycles.